The van der Waals surface area contributed by atoms with E-state index < -0.39 is 0 Å². The fourth-order valence-corrected chi connectivity index (χ4v) is 0.966. The van der Waals surface area contributed by atoms with Crippen molar-refractivity contribution in [2.75, 3.05) is 0 Å². The second-order valence-electron chi connectivity index (χ2n) is 3.15. The van der Waals surface area contributed by atoms with Gasteiger partial charge in [-0.15, -0.1) is 0 Å². The first kappa shape index (κ1) is 12.8. The second kappa shape index (κ2) is 8.42. The number of nitrogens with zero attached hydrogens (tertiary/aromatic N) is 2. The van der Waals surface area contributed by atoms with E-state index in [1.807, 2.05) is 27.0 Å². The number of hydrogen-bond donors (Lipinski definition) is 0. The fourth-order valence-electron chi connectivity index (χ4n) is 0.966. The minimum atomic E-state index is 0.804. The summed E-state index contributed by atoms with van der Waals surface area (Å²) in [5, 5.41) is 0. The lowest BCUT2D eigenvalue weighted by Gasteiger charge is -1.95. The molecule has 0 aliphatic rings. The summed E-state index contributed by atoms with van der Waals surface area (Å²) in [6, 6.07) is 0. The molecule has 0 rings (SSSR count). The SMILES string of the molecule is C/C=C\CC/C(C)=C/N=C(C)\N=C/C. The van der Waals surface area contributed by atoms with E-state index in [0.717, 1.165) is 18.7 Å². The van der Waals surface area contributed by atoms with Gasteiger partial charge < -0.3 is 0 Å². The van der Waals surface area contributed by atoms with Crippen LogP contribution in [0.2, 0.25) is 0 Å². The molecule has 78 valence electrons. The maximum Gasteiger partial charge on any atom is 0.124 e. The Balaban J connectivity index is 4.04. The molecule has 0 unspecified atom stereocenters. The Morgan fingerprint density at radius 1 is 1.21 bits per heavy atom. The number of amidine groups is 1. The van der Waals surface area contributed by atoms with Gasteiger partial charge in [-0.25, -0.2) is 9.98 Å². The lowest BCUT2D eigenvalue weighted by Crippen LogP contribution is -1.84. The van der Waals surface area contributed by atoms with Crippen molar-refractivity contribution >= 4 is 12.1 Å². The third kappa shape index (κ3) is 7.47. The van der Waals surface area contributed by atoms with Gasteiger partial charge in [-0.3, -0.25) is 0 Å². The van der Waals surface area contributed by atoms with Crippen molar-refractivity contribution in [2.45, 2.75) is 40.5 Å². The van der Waals surface area contributed by atoms with E-state index in [-0.39, 0.29) is 0 Å². The van der Waals surface area contributed by atoms with Crippen molar-refractivity contribution < 1.29 is 0 Å². The van der Waals surface area contributed by atoms with Crippen LogP contribution in [0.3, 0.4) is 0 Å². The first-order valence-electron chi connectivity index (χ1n) is 5.00. The monoisotopic (exact) mass is 192 g/mol. The Morgan fingerprint density at radius 2 is 1.93 bits per heavy atom. The first-order chi connectivity index (χ1) is 6.70. The van der Waals surface area contributed by atoms with Crippen LogP contribution in [0.15, 0.2) is 33.9 Å². The third-order valence-corrected chi connectivity index (χ3v) is 1.73. The summed E-state index contributed by atoms with van der Waals surface area (Å²) in [5.41, 5.74) is 1.29. The van der Waals surface area contributed by atoms with Crippen molar-refractivity contribution in [3.8, 4) is 0 Å². The van der Waals surface area contributed by atoms with Crippen LogP contribution in [0.5, 0.6) is 0 Å². The highest BCUT2D eigenvalue weighted by Crippen LogP contribution is 2.04. The van der Waals surface area contributed by atoms with E-state index in [2.05, 4.69) is 29.1 Å². The molecule has 2 nitrogen and oxygen atoms in total. The average molecular weight is 192 g/mol. The van der Waals surface area contributed by atoms with E-state index in [1.54, 1.807) is 6.21 Å². The van der Waals surface area contributed by atoms with Crippen LogP contribution in [0, 0.1) is 0 Å². The maximum atomic E-state index is 4.23. The summed E-state index contributed by atoms with van der Waals surface area (Å²) in [5.74, 6) is 0.804. The summed E-state index contributed by atoms with van der Waals surface area (Å²) in [4.78, 5) is 8.28. The van der Waals surface area contributed by atoms with Gasteiger partial charge in [0.15, 0.2) is 0 Å². The predicted octanol–water partition coefficient (Wildman–Crippen LogP) is 3.76. The smallest absolute Gasteiger partial charge is 0.124 e. The molecule has 0 amide bonds. The van der Waals surface area contributed by atoms with Gasteiger partial charge in [0.2, 0.25) is 0 Å². The number of allylic oxidation sites excluding steroid dienone is 3. The lowest BCUT2D eigenvalue weighted by atomic mass is 10.2. The zero-order chi connectivity index (χ0) is 10.8. The molecule has 0 aliphatic carbocycles. The van der Waals surface area contributed by atoms with Gasteiger partial charge in [-0.05, 0) is 40.5 Å². The van der Waals surface area contributed by atoms with Gasteiger partial charge in [-0.1, -0.05) is 17.7 Å². The standard InChI is InChI=1S/C12H20N2/c1-5-7-8-9-11(3)10-14-12(4)13-6-2/h5-7,10H,8-9H2,1-4H3/b7-5-,11-10+,13-6-,14-12-. The Kier molecular flexibility index (Phi) is 7.71. The normalized spacial score (nSPS) is 14.6. The molecule has 0 aromatic rings. The number of rotatable bonds is 4. The largest absolute Gasteiger partial charge is 0.246 e. The third-order valence-electron chi connectivity index (χ3n) is 1.73. The van der Waals surface area contributed by atoms with Crippen molar-refractivity contribution in [3.05, 3.63) is 23.9 Å². The Hall–Kier alpha value is -1.18. The number of aliphatic imine (C=N–C) groups is 2. The maximum absolute atomic E-state index is 4.23. The average Bonchev–Trinajstić information content (AvgIpc) is 2.16. The molecule has 0 aromatic heterocycles. The second-order valence-corrected chi connectivity index (χ2v) is 3.15. The molecule has 0 radical (unpaired) electrons. The Bertz CT molecular complexity index is 257. The van der Waals surface area contributed by atoms with Gasteiger partial charge in [0.1, 0.15) is 5.84 Å². The molecule has 0 fully saturated rings. The highest BCUT2D eigenvalue weighted by atomic mass is 14.9. The van der Waals surface area contributed by atoms with E-state index in [9.17, 15) is 0 Å². The van der Waals surface area contributed by atoms with E-state index in [4.69, 9.17) is 0 Å². The molecule has 0 aromatic carbocycles. The zero-order valence-electron chi connectivity index (χ0n) is 9.62. The molecule has 0 atom stereocenters. The molecular formula is C12H20N2. The Labute approximate surface area is 87.2 Å². The van der Waals surface area contributed by atoms with Crippen LogP contribution in [0.1, 0.15) is 40.5 Å². The summed E-state index contributed by atoms with van der Waals surface area (Å²) < 4.78 is 0. The van der Waals surface area contributed by atoms with E-state index >= 15 is 0 Å². The van der Waals surface area contributed by atoms with E-state index in [1.165, 1.54) is 5.57 Å². The zero-order valence-corrected chi connectivity index (χ0v) is 9.62. The van der Waals surface area contributed by atoms with Crippen molar-refractivity contribution in [2.24, 2.45) is 9.98 Å². The number of hydrogen-bond acceptors (Lipinski definition) is 1. The van der Waals surface area contributed by atoms with Gasteiger partial charge in [-0.2, -0.15) is 0 Å². The molecule has 0 bridgehead atoms. The van der Waals surface area contributed by atoms with Crippen LogP contribution >= 0.6 is 0 Å². The van der Waals surface area contributed by atoms with Crippen molar-refractivity contribution in [1.29, 1.82) is 0 Å². The van der Waals surface area contributed by atoms with Crippen LogP contribution in [0.4, 0.5) is 0 Å². The molecule has 0 spiro atoms. The molecule has 0 heterocycles. The van der Waals surface area contributed by atoms with Crippen LogP contribution < -0.4 is 0 Å². The molecule has 0 N–H and O–H groups in total. The van der Waals surface area contributed by atoms with Gasteiger partial charge >= 0.3 is 0 Å². The van der Waals surface area contributed by atoms with Crippen LogP contribution in [-0.2, 0) is 0 Å². The molecule has 2 heteroatoms. The molecule has 0 aliphatic heterocycles. The molecular weight excluding hydrogens is 172 g/mol. The summed E-state index contributed by atoms with van der Waals surface area (Å²) in [6.07, 6.45) is 10.0. The van der Waals surface area contributed by atoms with Gasteiger partial charge in [0, 0.05) is 12.4 Å². The molecule has 0 saturated carbocycles. The van der Waals surface area contributed by atoms with Crippen molar-refractivity contribution in [3.63, 3.8) is 0 Å². The van der Waals surface area contributed by atoms with Crippen LogP contribution in [-0.4, -0.2) is 12.1 Å². The van der Waals surface area contributed by atoms with Gasteiger partial charge in [0.25, 0.3) is 0 Å². The highest BCUT2D eigenvalue weighted by Gasteiger charge is 1.87. The van der Waals surface area contributed by atoms with E-state index in [0.29, 0.717) is 0 Å². The van der Waals surface area contributed by atoms with Gasteiger partial charge in [0.05, 0.1) is 0 Å². The first-order valence-corrected chi connectivity index (χ1v) is 5.00. The molecule has 14 heavy (non-hydrogen) atoms. The summed E-state index contributed by atoms with van der Waals surface area (Å²) in [6.45, 7) is 7.92. The highest BCUT2D eigenvalue weighted by molar-refractivity contribution is 5.87. The fraction of sp³-hybridized carbons (Fsp3) is 0.500. The van der Waals surface area contributed by atoms with Crippen LogP contribution in [0.25, 0.3) is 0 Å². The quantitative estimate of drug-likeness (QED) is 0.368. The summed E-state index contributed by atoms with van der Waals surface area (Å²) >= 11 is 0. The topological polar surface area (TPSA) is 24.7 Å². The lowest BCUT2D eigenvalue weighted by molar-refractivity contribution is 0.969. The predicted molar refractivity (Wildman–Crippen MR) is 65.1 cm³/mol. The minimum Gasteiger partial charge on any atom is -0.246 e. The molecule has 0 saturated heterocycles. The van der Waals surface area contributed by atoms with Crippen molar-refractivity contribution in [1.82, 2.24) is 0 Å². The Morgan fingerprint density at radius 3 is 2.50 bits per heavy atom. The minimum absolute atomic E-state index is 0.804. The summed E-state index contributed by atoms with van der Waals surface area (Å²) in [7, 11) is 0.